The van der Waals surface area contributed by atoms with Gasteiger partial charge in [-0.15, -0.1) is 11.8 Å². The van der Waals surface area contributed by atoms with Crippen LogP contribution in [0.3, 0.4) is 0 Å². The van der Waals surface area contributed by atoms with E-state index < -0.39 is 30.7 Å². The average Bonchev–Trinajstić information content (AvgIpc) is 2.91. The summed E-state index contributed by atoms with van der Waals surface area (Å²) >= 11 is 0. The zero-order valence-electron chi connectivity index (χ0n) is 17.7. The summed E-state index contributed by atoms with van der Waals surface area (Å²) < 4.78 is 32.6. The first-order valence-electron chi connectivity index (χ1n) is 10.4. The third kappa shape index (κ3) is 8.81. The second-order valence-electron chi connectivity index (χ2n) is 7.65. The van der Waals surface area contributed by atoms with Gasteiger partial charge < -0.3 is 14.9 Å². The van der Waals surface area contributed by atoms with E-state index in [-0.39, 0.29) is 11.9 Å². The lowest BCUT2D eigenvalue weighted by atomic mass is 9.99. The molecule has 0 saturated carbocycles. The summed E-state index contributed by atoms with van der Waals surface area (Å²) in [5.41, 5.74) is 0. The van der Waals surface area contributed by atoms with Crippen LogP contribution in [0.5, 0.6) is 0 Å². The minimum absolute atomic E-state index is 0.0969. The summed E-state index contributed by atoms with van der Waals surface area (Å²) in [7, 11) is 1.35. The molecule has 0 radical (unpaired) electrons. The van der Waals surface area contributed by atoms with Crippen molar-refractivity contribution in [2.75, 3.05) is 13.7 Å². The molecular formula is C22H35F2NO4. The molecule has 1 aliphatic heterocycles. The van der Waals surface area contributed by atoms with E-state index in [1.165, 1.54) is 12.0 Å². The fourth-order valence-electron chi connectivity index (χ4n) is 3.32. The van der Waals surface area contributed by atoms with Gasteiger partial charge in [0.05, 0.1) is 13.2 Å². The summed E-state index contributed by atoms with van der Waals surface area (Å²) in [4.78, 5) is 12.5. The van der Waals surface area contributed by atoms with E-state index in [1.54, 1.807) is 12.2 Å². The van der Waals surface area contributed by atoms with Gasteiger partial charge in [0.2, 0.25) is 0 Å². The normalized spacial score (nSPS) is 23.6. The highest BCUT2D eigenvalue weighted by molar-refractivity contribution is 5.68. The largest absolute Gasteiger partial charge is 0.469 e. The zero-order valence-corrected chi connectivity index (χ0v) is 17.7. The van der Waals surface area contributed by atoms with Crippen LogP contribution in [0.15, 0.2) is 12.2 Å². The number of likely N-dealkylation sites (tertiary alicyclic amines) is 1. The number of aliphatic hydroxyl groups excluding tert-OH is 2. The number of carbonyl (C=O) groups is 1. The molecule has 0 aromatic carbocycles. The minimum Gasteiger partial charge on any atom is -0.469 e. The number of methoxy groups -OCH3 is 1. The molecule has 4 atom stereocenters. The van der Waals surface area contributed by atoms with Gasteiger partial charge in [-0.3, -0.25) is 9.69 Å². The van der Waals surface area contributed by atoms with E-state index in [4.69, 9.17) is 0 Å². The second kappa shape index (κ2) is 12.9. The Balaban J connectivity index is 2.54. The smallest absolute Gasteiger partial charge is 0.305 e. The second-order valence-corrected chi connectivity index (χ2v) is 7.65. The molecule has 1 heterocycles. The minimum atomic E-state index is -3.18. The van der Waals surface area contributed by atoms with Gasteiger partial charge in [0.25, 0.3) is 5.92 Å². The topological polar surface area (TPSA) is 70.0 Å². The lowest BCUT2D eigenvalue weighted by Gasteiger charge is -2.26. The third-order valence-corrected chi connectivity index (χ3v) is 5.21. The van der Waals surface area contributed by atoms with E-state index in [0.717, 1.165) is 19.3 Å². The van der Waals surface area contributed by atoms with Gasteiger partial charge in [0.15, 0.2) is 6.23 Å². The SMILES string of the molecule is CCC#CC[C@H](C)[C@@H](O)/C=C/[C@H]1CC(F)(F)C(O)N1CCCCCCC(=O)OC. The summed E-state index contributed by atoms with van der Waals surface area (Å²) in [6.07, 6.45) is 4.62. The van der Waals surface area contributed by atoms with Crippen LogP contribution in [0, 0.1) is 17.8 Å². The van der Waals surface area contributed by atoms with Crippen LogP contribution in [0.25, 0.3) is 0 Å². The number of aliphatic hydroxyl groups is 2. The zero-order chi connectivity index (χ0) is 21.9. The molecule has 1 saturated heterocycles. The van der Waals surface area contributed by atoms with Crippen molar-refractivity contribution in [3.63, 3.8) is 0 Å². The molecule has 0 aromatic rings. The maximum absolute atomic E-state index is 14.0. The molecule has 0 amide bonds. The maximum Gasteiger partial charge on any atom is 0.305 e. The molecule has 166 valence electrons. The van der Waals surface area contributed by atoms with Crippen LogP contribution >= 0.6 is 0 Å². The highest BCUT2D eigenvalue weighted by atomic mass is 19.3. The van der Waals surface area contributed by atoms with Crippen molar-refractivity contribution in [1.29, 1.82) is 0 Å². The van der Waals surface area contributed by atoms with Crippen molar-refractivity contribution < 1.29 is 28.5 Å². The molecule has 7 heteroatoms. The third-order valence-electron chi connectivity index (χ3n) is 5.21. The van der Waals surface area contributed by atoms with Gasteiger partial charge in [-0.1, -0.05) is 38.8 Å². The standard InChI is InChI=1S/C22H35F2NO4/c1-4-5-8-11-17(2)19(26)14-13-18-16-22(23,24)21(28)25(18)15-10-7-6-9-12-20(27)29-3/h13-14,17-19,21,26,28H,4,6-7,9-12,15-16H2,1-3H3/b14-13+/t17-,18-,19-,21?/m0/s1. The number of rotatable bonds is 11. The van der Waals surface area contributed by atoms with Crippen LogP contribution in [0.2, 0.25) is 0 Å². The maximum atomic E-state index is 14.0. The van der Waals surface area contributed by atoms with Crippen LogP contribution in [-0.4, -0.2) is 59.0 Å². The Bertz CT molecular complexity index is 585. The molecule has 5 nitrogen and oxygen atoms in total. The van der Waals surface area contributed by atoms with Crippen LogP contribution in [-0.2, 0) is 9.53 Å². The van der Waals surface area contributed by atoms with Crippen molar-refractivity contribution in [2.24, 2.45) is 5.92 Å². The number of esters is 1. The number of hydrogen-bond donors (Lipinski definition) is 2. The molecular weight excluding hydrogens is 380 g/mol. The lowest BCUT2D eigenvalue weighted by molar-refractivity contribution is -0.140. The summed E-state index contributed by atoms with van der Waals surface area (Å²) in [5, 5.41) is 20.2. The van der Waals surface area contributed by atoms with E-state index in [2.05, 4.69) is 16.6 Å². The first-order chi connectivity index (χ1) is 13.7. The van der Waals surface area contributed by atoms with E-state index in [0.29, 0.717) is 32.2 Å². The van der Waals surface area contributed by atoms with Crippen molar-refractivity contribution in [2.45, 2.75) is 89.5 Å². The number of halogens is 2. The van der Waals surface area contributed by atoms with Gasteiger partial charge in [-0.2, -0.15) is 0 Å². The number of hydrogen-bond acceptors (Lipinski definition) is 5. The number of nitrogens with zero attached hydrogens (tertiary/aromatic N) is 1. The molecule has 29 heavy (non-hydrogen) atoms. The van der Waals surface area contributed by atoms with Crippen molar-refractivity contribution >= 4 is 5.97 Å². The number of alkyl halides is 2. The molecule has 2 N–H and O–H groups in total. The van der Waals surface area contributed by atoms with Gasteiger partial charge in [0, 0.05) is 38.3 Å². The Morgan fingerprint density at radius 1 is 1.31 bits per heavy atom. The lowest BCUT2D eigenvalue weighted by Crippen LogP contribution is -2.41. The number of carbonyl (C=O) groups excluding carboxylic acids is 1. The average molecular weight is 416 g/mol. The Kier molecular flexibility index (Phi) is 11.4. The van der Waals surface area contributed by atoms with E-state index >= 15 is 0 Å². The van der Waals surface area contributed by atoms with Crippen LogP contribution < -0.4 is 0 Å². The van der Waals surface area contributed by atoms with Gasteiger partial charge in [0.1, 0.15) is 0 Å². The first kappa shape index (κ1) is 25.5. The van der Waals surface area contributed by atoms with Gasteiger partial charge in [-0.25, -0.2) is 8.78 Å². The fourth-order valence-corrected chi connectivity index (χ4v) is 3.32. The predicted octanol–water partition coefficient (Wildman–Crippen LogP) is 3.49. The molecule has 1 fully saturated rings. The Labute approximate surface area is 173 Å². The van der Waals surface area contributed by atoms with Crippen molar-refractivity contribution in [3.05, 3.63) is 12.2 Å². The molecule has 1 unspecified atom stereocenters. The number of unbranched alkanes of at least 4 members (excludes halogenated alkanes) is 3. The summed E-state index contributed by atoms with van der Waals surface area (Å²) in [6, 6.07) is -0.626. The monoisotopic (exact) mass is 415 g/mol. The van der Waals surface area contributed by atoms with Gasteiger partial charge >= 0.3 is 5.97 Å². The highest BCUT2D eigenvalue weighted by Crippen LogP contribution is 2.37. The summed E-state index contributed by atoms with van der Waals surface area (Å²) in [5.74, 6) is 2.41. The molecule has 0 spiro atoms. The quantitative estimate of drug-likeness (QED) is 0.234. The van der Waals surface area contributed by atoms with E-state index in [1.807, 2.05) is 13.8 Å². The Morgan fingerprint density at radius 3 is 2.66 bits per heavy atom. The molecule has 0 aliphatic carbocycles. The molecule has 0 aromatic heterocycles. The Morgan fingerprint density at radius 2 is 2.00 bits per heavy atom. The predicted molar refractivity (Wildman–Crippen MR) is 108 cm³/mol. The summed E-state index contributed by atoms with van der Waals surface area (Å²) in [6.45, 7) is 4.15. The number of ether oxygens (including phenoxy) is 1. The van der Waals surface area contributed by atoms with Crippen LogP contribution in [0.4, 0.5) is 8.78 Å². The first-order valence-corrected chi connectivity index (χ1v) is 10.4. The fraction of sp³-hybridized carbons (Fsp3) is 0.773. The van der Waals surface area contributed by atoms with Gasteiger partial charge in [-0.05, 0) is 18.8 Å². The highest BCUT2D eigenvalue weighted by Gasteiger charge is 2.52. The van der Waals surface area contributed by atoms with Crippen LogP contribution in [0.1, 0.15) is 65.2 Å². The van der Waals surface area contributed by atoms with Crippen molar-refractivity contribution in [3.8, 4) is 11.8 Å². The molecule has 1 aliphatic rings. The molecule has 0 bridgehead atoms. The van der Waals surface area contributed by atoms with Crippen molar-refractivity contribution in [1.82, 2.24) is 4.90 Å². The van der Waals surface area contributed by atoms with E-state index in [9.17, 15) is 23.8 Å². The molecule has 1 rings (SSSR count). The Hall–Kier alpha value is -1.49.